The smallest absolute Gasteiger partial charge is 0.133 e. The SMILES string of the molecule is COc1ccc(C2=COc3cc(OCc4ccccc4)ccc3C2)cc1. The Kier molecular flexibility index (Phi) is 4.61. The Morgan fingerprint density at radius 2 is 1.65 bits per heavy atom. The van der Waals surface area contributed by atoms with E-state index in [0.29, 0.717) is 6.61 Å². The highest BCUT2D eigenvalue weighted by Gasteiger charge is 2.15. The number of methoxy groups -OCH3 is 1. The van der Waals surface area contributed by atoms with Gasteiger partial charge in [0.05, 0.1) is 13.4 Å². The second-order valence-corrected chi connectivity index (χ2v) is 6.21. The van der Waals surface area contributed by atoms with E-state index in [2.05, 4.69) is 30.3 Å². The fourth-order valence-electron chi connectivity index (χ4n) is 2.98. The van der Waals surface area contributed by atoms with Crippen LogP contribution in [0.1, 0.15) is 16.7 Å². The summed E-state index contributed by atoms with van der Waals surface area (Å²) in [7, 11) is 1.67. The Balaban J connectivity index is 1.46. The molecule has 130 valence electrons. The third-order valence-electron chi connectivity index (χ3n) is 4.46. The van der Waals surface area contributed by atoms with Crippen LogP contribution < -0.4 is 14.2 Å². The van der Waals surface area contributed by atoms with Crippen molar-refractivity contribution in [3.63, 3.8) is 0 Å². The number of hydrogen-bond acceptors (Lipinski definition) is 3. The lowest BCUT2D eigenvalue weighted by molar-refractivity contribution is 0.304. The maximum absolute atomic E-state index is 5.88. The number of rotatable bonds is 5. The van der Waals surface area contributed by atoms with Crippen molar-refractivity contribution in [3.8, 4) is 17.2 Å². The van der Waals surface area contributed by atoms with E-state index in [4.69, 9.17) is 14.2 Å². The van der Waals surface area contributed by atoms with E-state index in [9.17, 15) is 0 Å². The van der Waals surface area contributed by atoms with E-state index >= 15 is 0 Å². The Bertz CT molecular complexity index is 912. The molecule has 0 aliphatic carbocycles. The summed E-state index contributed by atoms with van der Waals surface area (Å²) in [6, 6.07) is 24.2. The normalized spacial score (nSPS) is 12.6. The third kappa shape index (κ3) is 3.57. The quantitative estimate of drug-likeness (QED) is 0.633. The Labute approximate surface area is 153 Å². The first-order chi connectivity index (χ1) is 12.8. The van der Waals surface area contributed by atoms with Crippen molar-refractivity contribution in [2.45, 2.75) is 13.0 Å². The summed E-state index contributed by atoms with van der Waals surface area (Å²) in [5.41, 5.74) is 4.59. The average molecular weight is 344 g/mol. The summed E-state index contributed by atoms with van der Waals surface area (Å²) in [5, 5.41) is 0. The highest BCUT2D eigenvalue weighted by atomic mass is 16.5. The molecule has 26 heavy (non-hydrogen) atoms. The molecule has 0 fully saturated rings. The second-order valence-electron chi connectivity index (χ2n) is 6.21. The van der Waals surface area contributed by atoms with Gasteiger partial charge in [-0.25, -0.2) is 0 Å². The average Bonchev–Trinajstić information content (AvgIpc) is 2.72. The van der Waals surface area contributed by atoms with Gasteiger partial charge in [0, 0.05) is 12.5 Å². The molecule has 0 radical (unpaired) electrons. The molecule has 0 bridgehead atoms. The standard InChI is InChI=1S/C23H20O3/c1-24-21-10-7-18(8-11-21)20-13-19-9-12-22(14-23(19)26-16-20)25-15-17-5-3-2-4-6-17/h2-12,14,16H,13,15H2,1H3. The molecule has 1 heterocycles. The lowest BCUT2D eigenvalue weighted by Gasteiger charge is -2.19. The number of fused-ring (bicyclic) bond motifs is 1. The van der Waals surface area contributed by atoms with Crippen LogP contribution in [0.5, 0.6) is 17.2 Å². The molecule has 3 aromatic carbocycles. The highest BCUT2D eigenvalue weighted by molar-refractivity contribution is 5.70. The first-order valence-corrected chi connectivity index (χ1v) is 8.61. The number of allylic oxidation sites excluding steroid dienone is 1. The lowest BCUT2D eigenvalue weighted by atomic mass is 9.97. The van der Waals surface area contributed by atoms with Crippen LogP contribution in [0.3, 0.4) is 0 Å². The molecule has 0 aromatic heterocycles. The van der Waals surface area contributed by atoms with E-state index in [1.165, 1.54) is 0 Å². The Morgan fingerprint density at radius 3 is 2.42 bits per heavy atom. The second kappa shape index (κ2) is 7.36. The maximum Gasteiger partial charge on any atom is 0.133 e. The van der Waals surface area contributed by atoms with Gasteiger partial charge in [-0.3, -0.25) is 0 Å². The molecule has 0 unspecified atom stereocenters. The summed E-state index contributed by atoms with van der Waals surface area (Å²) in [5.74, 6) is 2.52. The van der Waals surface area contributed by atoms with Crippen molar-refractivity contribution in [2.24, 2.45) is 0 Å². The topological polar surface area (TPSA) is 27.7 Å². The van der Waals surface area contributed by atoms with E-state index < -0.39 is 0 Å². The van der Waals surface area contributed by atoms with Crippen molar-refractivity contribution < 1.29 is 14.2 Å². The van der Waals surface area contributed by atoms with Gasteiger partial charge in [-0.05, 0) is 40.5 Å². The molecule has 0 spiro atoms. The van der Waals surface area contributed by atoms with Gasteiger partial charge >= 0.3 is 0 Å². The van der Waals surface area contributed by atoms with Gasteiger partial charge in [-0.1, -0.05) is 48.5 Å². The fraction of sp³-hybridized carbons (Fsp3) is 0.130. The lowest BCUT2D eigenvalue weighted by Crippen LogP contribution is -2.03. The maximum atomic E-state index is 5.88. The predicted octanol–water partition coefficient (Wildman–Crippen LogP) is 5.25. The van der Waals surface area contributed by atoms with Crippen molar-refractivity contribution in [2.75, 3.05) is 7.11 Å². The molecule has 1 aliphatic rings. The minimum atomic E-state index is 0.548. The van der Waals surface area contributed by atoms with Crippen LogP contribution in [-0.2, 0) is 13.0 Å². The zero-order chi connectivity index (χ0) is 17.8. The molecule has 0 N–H and O–H groups in total. The van der Waals surface area contributed by atoms with Crippen LogP contribution in [0.4, 0.5) is 0 Å². The number of ether oxygens (including phenoxy) is 3. The van der Waals surface area contributed by atoms with Gasteiger partial charge in [-0.2, -0.15) is 0 Å². The highest BCUT2D eigenvalue weighted by Crippen LogP contribution is 2.34. The molecule has 3 nitrogen and oxygen atoms in total. The monoisotopic (exact) mass is 344 g/mol. The summed E-state index contributed by atoms with van der Waals surface area (Å²) >= 11 is 0. The zero-order valence-corrected chi connectivity index (χ0v) is 14.6. The van der Waals surface area contributed by atoms with Crippen molar-refractivity contribution in [1.82, 2.24) is 0 Å². The Hall–Kier alpha value is -3.20. The fourth-order valence-corrected chi connectivity index (χ4v) is 2.98. The Morgan fingerprint density at radius 1 is 0.885 bits per heavy atom. The van der Waals surface area contributed by atoms with E-state index in [-0.39, 0.29) is 0 Å². The summed E-state index contributed by atoms with van der Waals surface area (Å²) in [4.78, 5) is 0. The van der Waals surface area contributed by atoms with E-state index in [1.807, 2.05) is 48.7 Å². The summed E-state index contributed by atoms with van der Waals surface area (Å²) in [6.07, 6.45) is 2.66. The molecular formula is C23H20O3. The van der Waals surface area contributed by atoms with Gasteiger partial charge in [0.2, 0.25) is 0 Å². The number of hydrogen-bond donors (Lipinski definition) is 0. The largest absolute Gasteiger partial charge is 0.497 e. The first-order valence-electron chi connectivity index (χ1n) is 8.61. The van der Waals surface area contributed by atoms with Gasteiger partial charge in [0.15, 0.2) is 0 Å². The van der Waals surface area contributed by atoms with Crippen LogP contribution in [-0.4, -0.2) is 7.11 Å². The molecule has 0 saturated carbocycles. The molecule has 0 atom stereocenters. The van der Waals surface area contributed by atoms with E-state index in [0.717, 1.165) is 45.9 Å². The van der Waals surface area contributed by atoms with Gasteiger partial charge in [-0.15, -0.1) is 0 Å². The third-order valence-corrected chi connectivity index (χ3v) is 4.46. The van der Waals surface area contributed by atoms with Crippen LogP contribution in [0, 0.1) is 0 Å². The van der Waals surface area contributed by atoms with Gasteiger partial charge in [0.25, 0.3) is 0 Å². The van der Waals surface area contributed by atoms with Crippen LogP contribution in [0.15, 0.2) is 79.1 Å². The summed E-state index contributed by atoms with van der Waals surface area (Å²) < 4.78 is 17.0. The molecule has 1 aliphatic heterocycles. The molecule has 4 rings (SSSR count). The molecule has 3 heteroatoms. The van der Waals surface area contributed by atoms with E-state index in [1.54, 1.807) is 7.11 Å². The molecule has 0 saturated heterocycles. The predicted molar refractivity (Wildman–Crippen MR) is 103 cm³/mol. The minimum Gasteiger partial charge on any atom is -0.497 e. The first kappa shape index (κ1) is 16.3. The van der Waals surface area contributed by atoms with Crippen molar-refractivity contribution >= 4 is 5.57 Å². The zero-order valence-electron chi connectivity index (χ0n) is 14.6. The van der Waals surface area contributed by atoms with Crippen molar-refractivity contribution in [3.05, 3.63) is 95.7 Å². The molecular weight excluding hydrogens is 324 g/mol. The molecule has 3 aromatic rings. The molecule has 0 amide bonds. The van der Waals surface area contributed by atoms with Crippen LogP contribution >= 0.6 is 0 Å². The summed E-state index contributed by atoms with van der Waals surface area (Å²) in [6.45, 7) is 0.548. The van der Waals surface area contributed by atoms with Gasteiger partial charge < -0.3 is 14.2 Å². The van der Waals surface area contributed by atoms with Crippen LogP contribution in [0.25, 0.3) is 5.57 Å². The van der Waals surface area contributed by atoms with Crippen molar-refractivity contribution in [1.29, 1.82) is 0 Å². The number of benzene rings is 3. The van der Waals surface area contributed by atoms with Crippen LogP contribution in [0.2, 0.25) is 0 Å². The minimum absolute atomic E-state index is 0.548. The van der Waals surface area contributed by atoms with Gasteiger partial charge in [0.1, 0.15) is 23.9 Å².